The smallest absolute Gasteiger partial charge is 0.193 e. The van der Waals surface area contributed by atoms with Crippen LogP contribution in [0.1, 0.15) is 29.5 Å². The van der Waals surface area contributed by atoms with E-state index in [9.17, 15) is 4.39 Å². The van der Waals surface area contributed by atoms with Crippen LogP contribution in [0.5, 0.6) is 0 Å². The van der Waals surface area contributed by atoms with Gasteiger partial charge in [0.2, 0.25) is 0 Å². The standard InChI is InChI=1S/C18H20FN3/c19-15-10-8-13(9-11-15)12-21-18(20)22-17-7-3-5-14-4-1-2-6-16(14)17/h3,5,7-11H,1-2,4,6,12H2,(H3,20,21,22). The third-order valence-corrected chi connectivity index (χ3v) is 4.00. The molecule has 4 heteroatoms. The first-order valence-electron chi connectivity index (χ1n) is 7.64. The van der Waals surface area contributed by atoms with Crippen LogP contribution >= 0.6 is 0 Å². The number of fused-ring (bicyclic) bond motifs is 1. The quantitative estimate of drug-likeness (QED) is 0.671. The average molecular weight is 297 g/mol. The summed E-state index contributed by atoms with van der Waals surface area (Å²) < 4.78 is 12.9. The maximum atomic E-state index is 12.9. The molecule has 22 heavy (non-hydrogen) atoms. The molecule has 2 aromatic carbocycles. The predicted octanol–water partition coefficient (Wildman–Crippen LogP) is 3.63. The molecule has 3 rings (SSSR count). The van der Waals surface area contributed by atoms with Crippen LogP contribution in [0, 0.1) is 5.82 Å². The monoisotopic (exact) mass is 297 g/mol. The van der Waals surface area contributed by atoms with Crippen LogP contribution in [0.3, 0.4) is 0 Å². The van der Waals surface area contributed by atoms with Gasteiger partial charge in [0.15, 0.2) is 5.96 Å². The first-order valence-corrected chi connectivity index (χ1v) is 7.64. The van der Waals surface area contributed by atoms with Crippen LogP contribution in [-0.4, -0.2) is 5.96 Å². The first kappa shape index (κ1) is 14.6. The average Bonchev–Trinajstić information content (AvgIpc) is 2.55. The number of guanidine groups is 1. The molecule has 0 bridgehead atoms. The van der Waals surface area contributed by atoms with E-state index in [0.29, 0.717) is 12.5 Å². The Kier molecular flexibility index (Phi) is 4.37. The highest BCUT2D eigenvalue weighted by molar-refractivity contribution is 5.93. The fraction of sp³-hybridized carbons (Fsp3) is 0.278. The lowest BCUT2D eigenvalue weighted by Crippen LogP contribution is -2.24. The number of nitrogens with two attached hydrogens (primary N) is 1. The molecular formula is C18H20FN3. The molecule has 0 radical (unpaired) electrons. The van der Waals surface area contributed by atoms with E-state index in [-0.39, 0.29) is 5.82 Å². The Bertz CT molecular complexity index is 677. The molecule has 2 aromatic rings. The number of aryl methyl sites for hydroxylation is 1. The number of benzene rings is 2. The molecule has 0 atom stereocenters. The highest BCUT2D eigenvalue weighted by Crippen LogP contribution is 2.27. The number of halogens is 1. The lowest BCUT2D eigenvalue weighted by molar-refractivity contribution is 0.627. The van der Waals surface area contributed by atoms with Crippen molar-refractivity contribution in [3.05, 3.63) is 65.0 Å². The van der Waals surface area contributed by atoms with Crippen LogP contribution in [0.25, 0.3) is 0 Å². The molecule has 0 spiro atoms. The maximum absolute atomic E-state index is 12.9. The lowest BCUT2D eigenvalue weighted by Gasteiger charge is -2.19. The molecule has 3 nitrogen and oxygen atoms in total. The van der Waals surface area contributed by atoms with Crippen LogP contribution in [0.15, 0.2) is 47.5 Å². The molecule has 1 aliphatic rings. The Morgan fingerprint density at radius 3 is 2.68 bits per heavy atom. The number of nitrogens with zero attached hydrogens (tertiary/aromatic N) is 1. The molecule has 0 unspecified atom stereocenters. The van der Waals surface area contributed by atoms with Crippen molar-refractivity contribution >= 4 is 11.6 Å². The van der Waals surface area contributed by atoms with Gasteiger partial charge < -0.3 is 11.1 Å². The van der Waals surface area contributed by atoms with Gasteiger partial charge in [-0.15, -0.1) is 0 Å². The molecule has 0 heterocycles. The summed E-state index contributed by atoms with van der Waals surface area (Å²) in [4.78, 5) is 4.33. The zero-order valence-electron chi connectivity index (χ0n) is 12.5. The molecule has 3 N–H and O–H groups in total. The number of nitrogens with one attached hydrogen (secondary N) is 1. The van der Waals surface area contributed by atoms with Crippen molar-refractivity contribution in [1.29, 1.82) is 0 Å². The minimum absolute atomic E-state index is 0.241. The molecule has 0 saturated carbocycles. The number of anilines is 1. The third kappa shape index (κ3) is 3.45. The molecule has 0 amide bonds. The molecule has 114 valence electrons. The summed E-state index contributed by atoms with van der Waals surface area (Å²) in [5, 5.41) is 3.21. The Balaban J connectivity index is 1.70. The summed E-state index contributed by atoms with van der Waals surface area (Å²) in [6, 6.07) is 12.6. The van der Waals surface area contributed by atoms with Gasteiger partial charge in [-0.3, -0.25) is 0 Å². The predicted molar refractivity (Wildman–Crippen MR) is 88.4 cm³/mol. The van der Waals surface area contributed by atoms with E-state index in [1.807, 2.05) is 6.07 Å². The van der Waals surface area contributed by atoms with Gasteiger partial charge in [0.25, 0.3) is 0 Å². The van der Waals surface area contributed by atoms with E-state index in [4.69, 9.17) is 5.73 Å². The zero-order valence-corrected chi connectivity index (χ0v) is 12.5. The number of aliphatic imine (C=N–C) groups is 1. The molecule has 0 fully saturated rings. The van der Waals surface area contributed by atoms with E-state index < -0.39 is 0 Å². The summed E-state index contributed by atoms with van der Waals surface area (Å²) in [5.41, 5.74) is 10.7. The summed E-state index contributed by atoms with van der Waals surface area (Å²) >= 11 is 0. The van der Waals surface area contributed by atoms with Gasteiger partial charge in [-0.25, -0.2) is 9.38 Å². The lowest BCUT2D eigenvalue weighted by atomic mass is 9.90. The second-order valence-corrected chi connectivity index (χ2v) is 5.60. The van der Waals surface area contributed by atoms with E-state index in [1.54, 1.807) is 12.1 Å². The van der Waals surface area contributed by atoms with Gasteiger partial charge in [-0.05, 0) is 60.6 Å². The van der Waals surface area contributed by atoms with Gasteiger partial charge in [0, 0.05) is 5.69 Å². The van der Waals surface area contributed by atoms with Crippen LogP contribution in [-0.2, 0) is 19.4 Å². The van der Waals surface area contributed by atoms with E-state index in [1.165, 1.54) is 36.1 Å². The molecular weight excluding hydrogens is 277 g/mol. The Labute approximate surface area is 130 Å². The maximum Gasteiger partial charge on any atom is 0.193 e. The van der Waals surface area contributed by atoms with E-state index >= 15 is 0 Å². The van der Waals surface area contributed by atoms with Crippen molar-refractivity contribution in [1.82, 2.24) is 0 Å². The minimum Gasteiger partial charge on any atom is -0.370 e. The fourth-order valence-electron chi connectivity index (χ4n) is 2.84. The van der Waals surface area contributed by atoms with Crippen molar-refractivity contribution in [2.24, 2.45) is 10.7 Å². The van der Waals surface area contributed by atoms with Crippen molar-refractivity contribution in [3.8, 4) is 0 Å². The minimum atomic E-state index is -0.241. The number of hydrogen-bond acceptors (Lipinski definition) is 1. The summed E-state index contributed by atoms with van der Waals surface area (Å²) in [7, 11) is 0. The topological polar surface area (TPSA) is 50.4 Å². The number of hydrogen-bond donors (Lipinski definition) is 2. The van der Waals surface area contributed by atoms with Gasteiger partial charge in [0.1, 0.15) is 5.82 Å². The summed E-state index contributed by atoms with van der Waals surface area (Å²) in [5.74, 6) is 0.151. The van der Waals surface area contributed by atoms with Crippen molar-refractivity contribution < 1.29 is 4.39 Å². The fourth-order valence-corrected chi connectivity index (χ4v) is 2.84. The van der Waals surface area contributed by atoms with Crippen LogP contribution < -0.4 is 11.1 Å². The van der Waals surface area contributed by atoms with Crippen molar-refractivity contribution in [2.75, 3.05) is 5.32 Å². The highest BCUT2D eigenvalue weighted by Gasteiger charge is 2.12. The number of rotatable bonds is 3. The van der Waals surface area contributed by atoms with Gasteiger partial charge in [-0.2, -0.15) is 0 Å². The van der Waals surface area contributed by atoms with Gasteiger partial charge >= 0.3 is 0 Å². The van der Waals surface area contributed by atoms with Crippen LogP contribution in [0.2, 0.25) is 0 Å². The van der Waals surface area contributed by atoms with Gasteiger partial charge in [0.05, 0.1) is 6.54 Å². The zero-order chi connectivity index (χ0) is 15.4. The molecule has 0 saturated heterocycles. The van der Waals surface area contributed by atoms with Gasteiger partial charge in [-0.1, -0.05) is 24.3 Å². The normalized spacial score (nSPS) is 14.5. The third-order valence-electron chi connectivity index (χ3n) is 4.00. The molecule has 0 aromatic heterocycles. The molecule has 0 aliphatic heterocycles. The second-order valence-electron chi connectivity index (χ2n) is 5.60. The Morgan fingerprint density at radius 1 is 1.09 bits per heavy atom. The molecule has 1 aliphatic carbocycles. The highest BCUT2D eigenvalue weighted by atomic mass is 19.1. The van der Waals surface area contributed by atoms with E-state index in [2.05, 4.69) is 22.4 Å². The second kappa shape index (κ2) is 6.60. The SMILES string of the molecule is NC(=NCc1ccc(F)cc1)Nc1cccc2c1CCCC2. The van der Waals surface area contributed by atoms with Crippen molar-refractivity contribution in [2.45, 2.75) is 32.2 Å². The Morgan fingerprint density at radius 2 is 1.86 bits per heavy atom. The van der Waals surface area contributed by atoms with E-state index in [0.717, 1.165) is 24.1 Å². The largest absolute Gasteiger partial charge is 0.370 e. The van der Waals surface area contributed by atoms with Crippen molar-refractivity contribution in [3.63, 3.8) is 0 Å². The summed E-state index contributed by atoms with van der Waals surface area (Å²) in [6.45, 7) is 0.439. The Hall–Kier alpha value is -2.36. The van der Waals surface area contributed by atoms with Crippen LogP contribution in [0.4, 0.5) is 10.1 Å². The summed E-state index contributed by atoms with van der Waals surface area (Å²) in [6.07, 6.45) is 4.70. The first-order chi connectivity index (χ1) is 10.7.